The van der Waals surface area contributed by atoms with E-state index in [1.165, 1.54) is 11.8 Å². The van der Waals surface area contributed by atoms with Gasteiger partial charge in [0.1, 0.15) is 0 Å². The highest BCUT2D eigenvalue weighted by Crippen LogP contribution is 2.27. The maximum Gasteiger partial charge on any atom is 0.233 e. The monoisotopic (exact) mass is 429 g/mol. The number of benzene rings is 1. The molecule has 7 nitrogen and oxygen atoms in total. The van der Waals surface area contributed by atoms with Crippen LogP contribution in [-0.4, -0.2) is 44.1 Å². The van der Waals surface area contributed by atoms with Gasteiger partial charge in [0, 0.05) is 16.7 Å². The molecule has 2 heterocycles. The average molecular weight is 430 g/mol. The summed E-state index contributed by atoms with van der Waals surface area (Å²) in [6.07, 6.45) is 2.18. The normalized spacial score (nSPS) is 19.0. The van der Waals surface area contributed by atoms with Crippen LogP contribution in [0.4, 0.5) is 0 Å². The second-order valence-electron chi connectivity index (χ2n) is 6.43. The predicted molar refractivity (Wildman–Crippen MR) is 105 cm³/mol. The predicted octanol–water partition coefficient (Wildman–Crippen LogP) is 3.52. The molecule has 1 aromatic carbocycles. The highest BCUT2D eigenvalue weighted by atomic mass is 35.5. The van der Waals surface area contributed by atoms with E-state index >= 15 is 0 Å². The molecule has 1 amide bonds. The van der Waals surface area contributed by atoms with Crippen molar-refractivity contribution in [3.05, 3.63) is 33.8 Å². The SMILES string of the molecule is CC(Sc1nnnn1CC1CCCO1)C(=O)NC(C)c1ccc(Cl)cc1Cl. The molecule has 10 heteroatoms. The van der Waals surface area contributed by atoms with Gasteiger partial charge in [-0.05, 0) is 54.8 Å². The number of thioether (sulfide) groups is 1. The van der Waals surface area contributed by atoms with Gasteiger partial charge in [-0.25, -0.2) is 4.68 Å². The van der Waals surface area contributed by atoms with E-state index in [2.05, 4.69) is 20.8 Å². The van der Waals surface area contributed by atoms with Crippen molar-refractivity contribution in [3.63, 3.8) is 0 Å². The van der Waals surface area contributed by atoms with Gasteiger partial charge in [0.15, 0.2) is 0 Å². The average Bonchev–Trinajstić information content (AvgIpc) is 3.27. The van der Waals surface area contributed by atoms with Gasteiger partial charge in [-0.1, -0.05) is 41.0 Å². The van der Waals surface area contributed by atoms with Crippen LogP contribution in [0.2, 0.25) is 10.0 Å². The minimum Gasteiger partial charge on any atom is -0.376 e. The van der Waals surface area contributed by atoms with E-state index < -0.39 is 0 Å². The first-order valence-electron chi connectivity index (χ1n) is 8.73. The van der Waals surface area contributed by atoms with Gasteiger partial charge in [-0.15, -0.1) is 5.10 Å². The molecule has 2 aromatic rings. The Balaban J connectivity index is 1.58. The minimum absolute atomic E-state index is 0.120. The third-order valence-corrected chi connectivity index (χ3v) is 5.97. The summed E-state index contributed by atoms with van der Waals surface area (Å²) < 4.78 is 7.33. The van der Waals surface area contributed by atoms with E-state index in [0.717, 1.165) is 25.0 Å². The van der Waals surface area contributed by atoms with Gasteiger partial charge in [-0.2, -0.15) is 0 Å². The van der Waals surface area contributed by atoms with Crippen molar-refractivity contribution in [2.24, 2.45) is 0 Å². The number of hydrogen-bond acceptors (Lipinski definition) is 6. The zero-order valence-electron chi connectivity index (χ0n) is 15.1. The lowest BCUT2D eigenvalue weighted by Crippen LogP contribution is -2.33. The Labute approximate surface area is 172 Å². The Morgan fingerprint density at radius 2 is 2.26 bits per heavy atom. The van der Waals surface area contributed by atoms with Crippen LogP contribution < -0.4 is 5.32 Å². The summed E-state index contributed by atoms with van der Waals surface area (Å²) in [4.78, 5) is 12.6. The molecule has 3 rings (SSSR count). The van der Waals surface area contributed by atoms with Crippen LogP contribution in [0, 0.1) is 0 Å². The first-order chi connectivity index (χ1) is 12.9. The standard InChI is InChI=1S/C17H21Cl2N5O2S/c1-10(14-6-5-12(18)8-15(14)19)20-16(25)11(2)27-17-21-22-23-24(17)9-13-4-3-7-26-13/h5-6,8,10-11,13H,3-4,7,9H2,1-2H3,(H,20,25). The first kappa shape index (κ1) is 20.4. The van der Waals surface area contributed by atoms with E-state index in [1.54, 1.807) is 16.8 Å². The molecule has 1 N–H and O–H groups in total. The van der Waals surface area contributed by atoms with Gasteiger partial charge >= 0.3 is 0 Å². The second kappa shape index (κ2) is 9.23. The molecule has 0 aliphatic carbocycles. The summed E-state index contributed by atoms with van der Waals surface area (Å²) in [5, 5.41) is 16.1. The van der Waals surface area contributed by atoms with Crippen LogP contribution in [0.1, 0.15) is 38.3 Å². The van der Waals surface area contributed by atoms with Crippen molar-refractivity contribution < 1.29 is 9.53 Å². The smallest absolute Gasteiger partial charge is 0.233 e. The number of nitrogens with one attached hydrogen (secondary N) is 1. The number of amides is 1. The van der Waals surface area contributed by atoms with Crippen molar-refractivity contribution in [1.82, 2.24) is 25.5 Å². The van der Waals surface area contributed by atoms with Gasteiger partial charge in [-0.3, -0.25) is 4.79 Å². The molecule has 1 aliphatic rings. The fourth-order valence-electron chi connectivity index (χ4n) is 2.85. The molecule has 3 atom stereocenters. The molecule has 0 saturated carbocycles. The molecule has 0 spiro atoms. The van der Waals surface area contributed by atoms with Crippen LogP contribution in [0.15, 0.2) is 23.4 Å². The van der Waals surface area contributed by atoms with Crippen molar-refractivity contribution in [2.45, 2.75) is 55.8 Å². The zero-order valence-corrected chi connectivity index (χ0v) is 17.4. The van der Waals surface area contributed by atoms with Crippen molar-refractivity contribution >= 4 is 40.9 Å². The maximum atomic E-state index is 12.6. The Hall–Kier alpha value is -1.35. The molecule has 1 fully saturated rings. The van der Waals surface area contributed by atoms with E-state index in [0.29, 0.717) is 21.7 Å². The molecular formula is C17H21Cl2N5O2S. The van der Waals surface area contributed by atoms with Crippen molar-refractivity contribution in [3.8, 4) is 0 Å². The molecule has 1 aromatic heterocycles. The molecule has 3 unspecified atom stereocenters. The van der Waals surface area contributed by atoms with E-state index in [-0.39, 0.29) is 23.3 Å². The third-order valence-electron chi connectivity index (χ3n) is 4.34. The molecular weight excluding hydrogens is 409 g/mol. The third kappa shape index (κ3) is 5.34. The summed E-state index contributed by atoms with van der Waals surface area (Å²) >= 11 is 13.5. The van der Waals surface area contributed by atoms with Gasteiger partial charge in [0.2, 0.25) is 11.1 Å². The number of rotatable bonds is 7. The summed E-state index contributed by atoms with van der Waals surface area (Å²) in [6, 6.07) is 4.99. The van der Waals surface area contributed by atoms with E-state index in [9.17, 15) is 4.79 Å². The van der Waals surface area contributed by atoms with Crippen LogP contribution >= 0.6 is 35.0 Å². The number of aromatic nitrogens is 4. The zero-order chi connectivity index (χ0) is 19.4. The largest absolute Gasteiger partial charge is 0.376 e. The van der Waals surface area contributed by atoms with Gasteiger partial charge in [0.25, 0.3) is 0 Å². The summed E-state index contributed by atoms with van der Waals surface area (Å²) in [7, 11) is 0. The fraction of sp³-hybridized carbons (Fsp3) is 0.529. The van der Waals surface area contributed by atoms with Gasteiger partial charge < -0.3 is 10.1 Å². The number of halogens is 2. The number of tetrazole rings is 1. The molecule has 146 valence electrons. The Kier molecular flexibility index (Phi) is 6.97. The molecule has 0 bridgehead atoms. The lowest BCUT2D eigenvalue weighted by atomic mass is 10.1. The van der Waals surface area contributed by atoms with Crippen LogP contribution in [-0.2, 0) is 16.1 Å². The lowest BCUT2D eigenvalue weighted by molar-refractivity contribution is -0.120. The molecule has 0 radical (unpaired) electrons. The number of hydrogen-bond donors (Lipinski definition) is 1. The minimum atomic E-state index is -0.368. The highest BCUT2D eigenvalue weighted by Gasteiger charge is 2.23. The number of carbonyl (C=O) groups is 1. The van der Waals surface area contributed by atoms with Crippen LogP contribution in [0.25, 0.3) is 0 Å². The van der Waals surface area contributed by atoms with Gasteiger partial charge in [0.05, 0.1) is 23.9 Å². The summed E-state index contributed by atoms with van der Waals surface area (Å²) in [6.45, 7) is 5.08. The molecule has 1 saturated heterocycles. The Morgan fingerprint density at radius 3 is 2.96 bits per heavy atom. The van der Waals surface area contributed by atoms with Crippen LogP contribution in [0.3, 0.4) is 0 Å². The number of ether oxygens (including phenoxy) is 1. The fourth-order valence-corrected chi connectivity index (χ4v) is 4.23. The Morgan fingerprint density at radius 1 is 1.44 bits per heavy atom. The number of carbonyl (C=O) groups excluding carboxylic acids is 1. The first-order valence-corrected chi connectivity index (χ1v) is 10.4. The van der Waals surface area contributed by atoms with E-state index in [1.807, 2.05) is 19.9 Å². The second-order valence-corrected chi connectivity index (χ2v) is 8.59. The summed E-state index contributed by atoms with van der Waals surface area (Å²) in [5.74, 6) is -0.120. The Bertz CT molecular complexity index is 797. The lowest BCUT2D eigenvalue weighted by Gasteiger charge is -2.19. The highest BCUT2D eigenvalue weighted by molar-refractivity contribution is 8.00. The number of nitrogens with zero attached hydrogens (tertiary/aromatic N) is 4. The van der Waals surface area contributed by atoms with Crippen LogP contribution in [0.5, 0.6) is 0 Å². The molecule has 1 aliphatic heterocycles. The van der Waals surface area contributed by atoms with Crippen molar-refractivity contribution in [1.29, 1.82) is 0 Å². The maximum absolute atomic E-state index is 12.6. The van der Waals surface area contributed by atoms with E-state index in [4.69, 9.17) is 27.9 Å². The quantitative estimate of drug-likeness (QED) is 0.677. The topological polar surface area (TPSA) is 81.9 Å². The van der Waals surface area contributed by atoms with Crippen molar-refractivity contribution in [2.75, 3.05) is 6.61 Å². The summed E-state index contributed by atoms with van der Waals surface area (Å²) in [5.41, 5.74) is 0.815. The molecule has 27 heavy (non-hydrogen) atoms.